The number of guanidine groups is 1. The fourth-order valence-electron chi connectivity index (χ4n) is 2.22. The zero-order valence-corrected chi connectivity index (χ0v) is 17.1. The van der Waals surface area contributed by atoms with Crippen molar-refractivity contribution in [2.45, 2.75) is 17.7 Å². The van der Waals surface area contributed by atoms with Crippen molar-refractivity contribution in [3.63, 3.8) is 0 Å². The summed E-state index contributed by atoms with van der Waals surface area (Å²) in [7, 11) is 3.42. The first-order valence-corrected chi connectivity index (χ1v) is 10.2. The SMILES string of the molecule is CN(C)C(=O)CN=C(NCCCSc1ccc(F)cc1)NCCc1ccco1. The van der Waals surface area contributed by atoms with Gasteiger partial charge in [-0.25, -0.2) is 9.38 Å². The number of aliphatic imine (C=N–C) groups is 1. The highest BCUT2D eigenvalue weighted by atomic mass is 32.2. The zero-order valence-electron chi connectivity index (χ0n) is 16.3. The first-order valence-electron chi connectivity index (χ1n) is 9.17. The van der Waals surface area contributed by atoms with Crippen molar-refractivity contribution in [1.29, 1.82) is 0 Å². The summed E-state index contributed by atoms with van der Waals surface area (Å²) in [6, 6.07) is 10.3. The van der Waals surface area contributed by atoms with E-state index in [9.17, 15) is 9.18 Å². The molecule has 1 aromatic heterocycles. The predicted octanol–water partition coefficient (Wildman–Crippen LogP) is 2.77. The summed E-state index contributed by atoms with van der Waals surface area (Å²) in [5, 5.41) is 6.48. The van der Waals surface area contributed by atoms with Gasteiger partial charge in [0.1, 0.15) is 18.1 Å². The molecule has 2 aromatic rings. The minimum atomic E-state index is -0.222. The molecule has 0 saturated carbocycles. The molecule has 0 fully saturated rings. The summed E-state index contributed by atoms with van der Waals surface area (Å²) in [6.45, 7) is 1.46. The molecule has 8 heteroatoms. The smallest absolute Gasteiger partial charge is 0.243 e. The number of hydrogen-bond donors (Lipinski definition) is 2. The van der Waals surface area contributed by atoms with Crippen LogP contribution >= 0.6 is 11.8 Å². The Hall–Kier alpha value is -2.48. The van der Waals surface area contributed by atoms with Crippen molar-refractivity contribution in [3.8, 4) is 0 Å². The molecule has 2 rings (SSSR count). The van der Waals surface area contributed by atoms with Crippen molar-refractivity contribution in [1.82, 2.24) is 15.5 Å². The van der Waals surface area contributed by atoms with Crippen molar-refractivity contribution < 1.29 is 13.6 Å². The van der Waals surface area contributed by atoms with Crippen LogP contribution in [0.2, 0.25) is 0 Å². The van der Waals surface area contributed by atoms with E-state index in [1.807, 2.05) is 12.1 Å². The lowest BCUT2D eigenvalue weighted by Crippen LogP contribution is -2.40. The number of furan rings is 1. The van der Waals surface area contributed by atoms with Crippen LogP contribution in [0.4, 0.5) is 4.39 Å². The Labute approximate surface area is 169 Å². The van der Waals surface area contributed by atoms with Crippen LogP contribution in [0, 0.1) is 5.82 Å². The quantitative estimate of drug-likeness (QED) is 0.275. The monoisotopic (exact) mass is 406 g/mol. The Morgan fingerprint density at radius 3 is 2.61 bits per heavy atom. The number of benzene rings is 1. The van der Waals surface area contributed by atoms with E-state index in [0.717, 1.165) is 35.8 Å². The molecule has 28 heavy (non-hydrogen) atoms. The Morgan fingerprint density at radius 1 is 1.18 bits per heavy atom. The second kappa shape index (κ2) is 12.1. The highest BCUT2D eigenvalue weighted by Crippen LogP contribution is 2.18. The molecule has 0 radical (unpaired) electrons. The largest absolute Gasteiger partial charge is 0.469 e. The Bertz CT molecular complexity index is 733. The van der Waals surface area contributed by atoms with Crippen LogP contribution in [-0.2, 0) is 11.2 Å². The second-order valence-corrected chi connectivity index (χ2v) is 7.46. The molecule has 2 N–H and O–H groups in total. The van der Waals surface area contributed by atoms with Crippen LogP contribution in [0.25, 0.3) is 0 Å². The summed E-state index contributed by atoms with van der Waals surface area (Å²) in [4.78, 5) is 18.7. The zero-order chi connectivity index (χ0) is 20.2. The maximum atomic E-state index is 12.9. The number of thioether (sulfide) groups is 1. The normalized spacial score (nSPS) is 11.3. The van der Waals surface area contributed by atoms with Crippen LogP contribution < -0.4 is 10.6 Å². The van der Waals surface area contributed by atoms with Crippen molar-refractivity contribution in [3.05, 3.63) is 54.2 Å². The summed E-state index contributed by atoms with van der Waals surface area (Å²) in [6.07, 6.45) is 3.29. The minimum absolute atomic E-state index is 0.0565. The number of nitrogens with one attached hydrogen (secondary N) is 2. The Balaban J connectivity index is 1.74. The number of rotatable bonds is 10. The van der Waals surface area contributed by atoms with Gasteiger partial charge < -0.3 is 20.0 Å². The van der Waals surface area contributed by atoms with E-state index in [1.165, 1.54) is 17.0 Å². The summed E-state index contributed by atoms with van der Waals surface area (Å²) in [5.41, 5.74) is 0. The number of halogens is 1. The fraction of sp³-hybridized carbons (Fsp3) is 0.400. The van der Waals surface area contributed by atoms with Gasteiger partial charge in [-0.05, 0) is 48.6 Å². The van der Waals surface area contributed by atoms with Gasteiger partial charge in [-0.1, -0.05) is 0 Å². The molecule has 0 atom stereocenters. The van der Waals surface area contributed by atoms with E-state index in [1.54, 1.807) is 44.3 Å². The second-order valence-electron chi connectivity index (χ2n) is 6.29. The lowest BCUT2D eigenvalue weighted by atomic mass is 10.3. The lowest BCUT2D eigenvalue weighted by Gasteiger charge is -2.13. The average Bonchev–Trinajstić information content (AvgIpc) is 3.19. The predicted molar refractivity (Wildman–Crippen MR) is 111 cm³/mol. The molecule has 0 aliphatic rings. The van der Waals surface area contributed by atoms with Gasteiger partial charge in [-0.3, -0.25) is 4.79 Å². The first-order chi connectivity index (χ1) is 13.5. The molecule has 1 aromatic carbocycles. The van der Waals surface area contributed by atoms with Gasteiger partial charge in [0.15, 0.2) is 5.96 Å². The van der Waals surface area contributed by atoms with Crippen LogP contribution in [0.3, 0.4) is 0 Å². The molecule has 0 unspecified atom stereocenters. The van der Waals surface area contributed by atoms with Gasteiger partial charge in [0, 0.05) is 38.5 Å². The number of nitrogens with zero attached hydrogens (tertiary/aromatic N) is 2. The molecule has 0 saturated heterocycles. The van der Waals surface area contributed by atoms with E-state index in [-0.39, 0.29) is 18.3 Å². The Kier molecular flexibility index (Phi) is 9.41. The highest BCUT2D eigenvalue weighted by Gasteiger charge is 2.05. The van der Waals surface area contributed by atoms with E-state index in [4.69, 9.17) is 4.42 Å². The topological polar surface area (TPSA) is 69.9 Å². The fourth-order valence-corrected chi connectivity index (χ4v) is 3.07. The summed E-state index contributed by atoms with van der Waals surface area (Å²) < 4.78 is 18.2. The van der Waals surface area contributed by atoms with Crippen LogP contribution in [0.1, 0.15) is 12.2 Å². The first kappa shape index (κ1) is 21.8. The van der Waals surface area contributed by atoms with E-state index in [0.29, 0.717) is 12.5 Å². The number of carbonyl (C=O) groups is 1. The molecule has 6 nitrogen and oxygen atoms in total. The minimum Gasteiger partial charge on any atom is -0.469 e. The molecule has 1 amide bonds. The van der Waals surface area contributed by atoms with Crippen LogP contribution in [0.5, 0.6) is 0 Å². The van der Waals surface area contributed by atoms with Gasteiger partial charge in [-0.2, -0.15) is 0 Å². The molecule has 0 aliphatic heterocycles. The van der Waals surface area contributed by atoms with Crippen LogP contribution in [0.15, 0.2) is 57.0 Å². The van der Waals surface area contributed by atoms with Crippen molar-refractivity contribution in [2.24, 2.45) is 4.99 Å². The number of likely N-dealkylation sites (N-methyl/N-ethyl adjacent to an activating group) is 1. The van der Waals surface area contributed by atoms with Gasteiger partial charge in [0.25, 0.3) is 0 Å². The molecule has 152 valence electrons. The molecule has 0 spiro atoms. The molecular weight excluding hydrogens is 379 g/mol. The summed E-state index contributed by atoms with van der Waals surface area (Å²) in [5.74, 6) is 2.12. The maximum Gasteiger partial charge on any atom is 0.243 e. The Morgan fingerprint density at radius 2 is 1.93 bits per heavy atom. The standard InChI is InChI=1S/C20H27FN4O2S/c1-25(2)19(26)15-24-20(23-12-10-17-5-3-13-27-17)22-11-4-14-28-18-8-6-16(21)7-9-18/h3,5-9,13H,4,10-12,14-15H2,1-2H3,(H2,22,23,24). The lowest BCUT2D eigenvalue weighted by molar-refractivity contribution is -0.127. The van der Waals surface area contributed by atoms with Crippen molar-refractivity contribution >= 4 is 23.6 Å². The van der Waals surface area contributed by atoms with Gasteiger partial charge in [0.05, 0.1) is 6.26 Å². The van der Waals surface area contributed by atoms with Gasteiger partial charge in [0.2, 0.25) is 5.91 Å². The van der Waals surface area contributed by atoms with Gasteiger partial charge >= 0.3 is 0 Å². The third kappa shape index (κ3) is 8.47. The van der Waals surface area contributed by atoms with E-state index >= 15 is 0 Å². The number of carbonyl (C=O) groups excluding carboxylic acids is 1. The average molecular weight is 407 g/mol. The van der Waals surface area contributed by atoms with Crippen molar-refractivity contribution in [2.75, 3.05) is 39.5 Å². The molecular formula is C20H27FN4O2S. The van der Waals surface area contributed by atoms with Crippen LogP contribution in [-0.4, -0.2) is 56.2 Å². The third-order valence-corrected chi connectivity index (χ3v) is 4.91. The molecule has 0 bridgehead atoms. The molecule has 0 aliphatic carbocycles. The van der Waals surface area contributed by atoms with E-state index < -0.39 is 0 Å². The van der Waals surface area contributed by atoms with Gasteiger partial charge in [-0.15, -0.1) is 11.8 Å². The number of hydrogen-bond acceptors (Lipinski definition) is 4. The highest BCUT2D eigenvalue weighted by molar-refractivity contribution is 7.99. The van der Waals surface area contributed by atoms with E-state index in [2.05, 4.69) is 15.6 Å². The molecule has 1 heterocycles. The number of amides is 1. The summed E-state index contributed by atoms with van der Waals surface area (Å²) >= 11 is 1.68. The maximum absolute atomic E-state index is 12.9. The third-order valence-electron chi connectivity index (χ3n) is 3.81.